The molecule has 0 saturated heterocycles. The SMILES string of the molecule is Nc1ccc(NS(=O)(=O)Cc2ccccc2)c(F)c1. The Morgan fingerprint density at radius 1 is 1.11 bits per heavy atom. The molecular formula is C13H13FN2O2S. The molecule has 0 atom stereocenters. The van der Waals surface area contributed by atoms with Crippen molar-refractivity contribution < 1.29 is 12.8 Å². The third-order valence-corrected chi connectivity index (χ3v) is 3.70. The summed E-state index contributed by atoms with van der Waals surface area (Å²) < 4.78 is 39.5. The van der Waals surface area contributed by atoms with Crippen molar-refractivity contribution in [3.05, 3.63) is 59.9 Å². The van der Waals surface area contributed by atoms with Crippen LogP contribution < -0.4 is 10.5 Å². The van der Waals surface area contributed by atoms with Gasteiger partial charge in [0.15, 0.2) is 0 Å². The van der Waals surface area contributed by atoms with Gasteiger partial charge in [0.1, 0.15) is 5.82 Å². The Kier molecular flexibility index (Phi) is 3.71. The summed E-state index contributed by atoms with van der Waals surface area (Å²) in [5, 5.41) is 0. The summed E-state index contributed by atoms with van der Waals surface area (Å²) in [6.07, 6.45) is 0. The van der Waals surface area contributed by atoms with Crippen LogP contribution in [0.15, 0.2) is 48.5 Å². The molecule has 3 N–H and O–H groups in total. The van der Waals surface area contributed by atoms with Gasteiger partial charge in [0.25, 0.3) is 0 Å². The highest BCUT2D eigenvalue weighted by Gasteiger charge is 2.14. The van der Waals surface area contributed by atoms with Crippen molar-refractivity contribution in [1.82, 2.24) is 0 Å². The summed E-state index contributed by atoms with van der Waals surface area (Å²) >= 11 is 0. The first-order chi connectivity index (χ1) is 8.96. The fourth-order valence-electron chi connectivity index (χ4n) is 1.61. The van der Waals surface area contributed by atoms with Gasteiger partial charge >= 0.3 is 0 Å². The van der Waals surface area contributed by atoms with Gasteiger partial charge in [-0.05, 0) is 23.8 Å². The third kappa shape index (κ3) is 3.69. The zero-order chi connectivity index (χ0) is 13.9. The van der Waals surface area contributed by atoms with E-state index in [9.17, 15) is 12.8 Å². The zero-order valence-corrected chi connectivity index (χ0v) is 10.8. The highest BCUT2D eigenvalue weighted by atomic mass is 32.2. The number of sulfonamides is 1. The van der Waals surface area contributed by atoms with E-state index in [0.29, 0.717) is 5.56 Å². The Labute approximate surface area is 111 Å². The first-order valence-corrected chi connectivity index (χ1v) is 7.21. The van der Waals surface area contributed by atoms with Crippen LogP contribution in [-0.2, 0) is 15.8 Å². The smallest absolute Gasteiger partial charge is 0.237 e. The largest absolute Gasteiger partial charge is 0.399 e. The van der Waals surface area contributed by atoms with E-state index in [0.717, 1.165) is 6.07 Å². The normalized spacial score (nSPS) is 11.2. The maximum atomic E-state index is 13.5. The van der Waals surface area contributed by atoms with Gasteiger partial charge in [0, 0.05) is 5.69 Å². The topological polar surface area (TPSA) is 72.2 Å². The van der Waals surface area contributed by atoms with Gasteiger partial charge in [-0.2, -0.15) is 0 Å². The highest BCUT2D eigenvalue weighted by molar-refractivity contribution is 7.91. The summed E-state index contributed by atoms with van der Waals surface area (Å²) in [6.45, 7) is 0. The molecule has 0 heterocycles. The maximum absolute atomic E-state index is 13.5. The average molecular weight is 280 g/mol. The summed E-state index contributed by atoms with van der Waals surface area (Å²) in [6, 6.07) is 12.5. The lowest BCUT2D eigenvalue weighted by atomic mass is 10.2. The third-order valence-electron chi connectivity index (χ3n) is 2.46. The number of rotatable bonds is 4. The molecular weight excluding hydrogens is 267 g/mol. The van der Waals surface area contributed by atoms with Gasteiger partial charge in [0.2, 0.25) is 10.0 Å². The van der Waals surface area contributed by atoms with E-state index >= 15 is 0 Å². The second kappa shape index (κ2) is 5.27. The molecule has 2 aromatic rings. The van der Waals surface area contributed by atoms with Gasteiger partial charge in [-0.1, -0.05) is 30.3 Å². The van der Waals surface area contributed by atoms with Gasteiger partial charge in [0.05, 0.1) is 11.4 Å². The molecule has 6 heteroatoms. The minimum absolute atomic E-state index is 0.106. The lowest BCUT2D eigenvalue weighted by Crippen LogP contribution is -2.16. The summed E-state index contributed by atoms with van der Waals surface area (Å²) in [5.41, 5.74) is 6.16. The average Bonchev–Trinajstić information content (AvgIpc) is 2.33. The minimum atomic E-state index is -3.65. The molecule has 4 nitrogen and oxygen atoms in total. The van der Waals surface area contributed by atoms with Gasteiger partial charge in [-0.25, -0.2) is 12.8 Å². The number of nitrogens with one attached hydrogen (secondary N) is 1. The van der Waals surface area contributed by atoms with E-state index in [4.69, 9.17) is 5.73 Å². The lowest BCUT2D eigenvalue weighted by Gasteiger charge is -2.09. The van der Waals surface area contributed by atoms with Crippen LogP contribution in [0.1, 0.15) is 5.56 Å². The molecule has 2 aromatic carbocycles. The summed E-state index contributed by atoms with van der Waals surface area (Å²) in [7, 11) is -3.65. The summed E-state index contributed by atoms with van der Waals surface area (Å²) in [5.74, 6) is -0.908. The molecule has 19 heavy (non-hydrogen) atoms. The van der Waals surface area contributed by atoms with Gasteiger partial charge < -0.3 is 5.73 Å². The molecule has 0 unspecified atom stereocenters. The molecule has 0 aliphatic heterocycles. The minimum Gasteiger partial charge on any atom is -0.399 e. The Morgan fingerprint density at radius 3 is 2.42 bits per heavy atom. The van der Waals surface area contributed by atoms with E-state index in [1.54, 1.807) is 30.3 Å². The van der Waals surface area contributed by atoms with Crippen LogP contribution in [0.25, 0.3) is 0 Å². The van der Waals surface area contributed by atoms with Crippen molar-refractivity contribution >= 4 is 21.4 Å². The van der Waals surface area contributed by atoms with Crippen molar-refractivity contribution in [1.29, 1.82) is 0 Å². The Bertz CT molecular complexity index is 672. The van der Waals surface area contributed by atoms with E-state index in [-0.39, 0.29) is 17.1 Å². The molecule has 0 bridgehead atoms. The standard InChI is InChI=1S/C13H13FN2O2S/c14-12-8-11(15)6-7-13(12)16-19(17,18)9-10-4-2-1-3-5-10/h1-8,16H,9,15H2. The van der Waals surface area contributed by atoms with Crippen LogP contribution >= 0.6 is 0 Å². The molecule has 0 radical (unpaired) electrons. The van der Waals surface area contributed by atoms with Crippen LogP contribution in [0.2, 0.25) is 0 Å². The number of nitrogens with two attached hydrogens (primary N) is 1. The van der Waals surface area contributed by atoms with Crippen LogP contribution in [0.5, 0.6) is 0 Å². The fourth-order valence-corrected chi connectivity index (χ4v) is 2.82. The molecule has 0 aliphatic rings. The van der Waals surface area contributed by atoms with Crippen LogP contribution in [0, 0.1) is 5.82 Å². The number of hydrogen-bond donors (Lipinski definition) is 2. The van der Waals surface area contributed by atoms with Crippen LogP contribution in [-0.4, -0.2) is 8.42 Å². The number of halogens is 1. The molecule has 100 valence electrons. The van der Waals surface area contributed by atoms with E-state index in [1.165, 1.54) is 12.1 Å². The number of nitrogen functional groups attached to an aromatic ring is 1. The molecule has 0 aliphatic carbocycles. The molecule has 0 amide bonds. The number of benzene rings is 2. The van der Waals surface area contributed by atoms with Crippen molar-refractivity contribution in [3.63, 3.8) is 0 Å². The quantitative estimate of drug-likeness (QED) is 0.844. The Hall–Kier alpha value is -2.08. The van der Waals surface area contributed by atoms with Crippen LogP contribution in [0.3, 0.4) is 0 Å². The van der Waals surface area contributed by atoms with E-state index in [2.05, 4.69) is 4.72 Å². The number of hydrogen-bond acceptors (Lipinski definition) is 3. The highest BCUT2D eigenvalue weighted by Crippen LogP contribution is 2.19. The summed E-state index contributed by atoms with van der Waals surface area (Å²) in [4.78, 5) is 0. The Morgan fingerprint density at radius 2 is 1.79 bits per heavy atom. The lowest BCUT2D eigenvalue weighted by molar-refractivity contribution is 0.598. The fraction of sp³-hybridized carbons (Fsp3) is 0.0769. The van der Waals surface area contributed by atoms with Crippen molar-refractivity contribution in [2.75, 3.05) is 10.5 Å². The van der Waals surface area contributed by atoms with E-state index in [1.807, 2.05) is 0 Å². The molecule has 0 saturated carbocycles. The molecule has 0 spiro atoms. The second-order valence-corrected chi connectivity index (χ2v) is 5.81. The zero-order valence-electron chi connectivity index (χ0n) is 10.0. The van der Waals surface area contributed by atoms with Gasteiger partial charge in [-0.3, -0.25) is 4.72 Å². The van der Waals surface area contributed by atoms with Crippen molar-refractivity contribution in [3.8, 4) is 0 Å². The monoisotopic (exact) mass is 280 g/mol. The van der Waals surface area contributed by atoms with E-state index < -0.39 is 15.8 Å². The van der Waals surface area contributed by atoms with Crippen molar-refractivity contribution in [2.45, 2.75) is 5.75 Å². The first-order valence-electron chi connectivity index (χ1n) is 5.56. The second-order valence-electron chi connectivity index (χ2n) is 4.09. The first kappa shape index (κ1) is 13.4. The van der Waals surface area contributed by atoms with Gasteiger partial charge in [-0.15, -0.1) is 0 Å². The molecule has 0 aromatic heterocycles. The molecule has 0 fully saturated rings. The van der Waals surface area contributed by atoms with Crippen molar-refractivity contribution in [2.24, 2.45) is 0 Å². The number of anilines is 2. The maximum Gasteiger partial charge on any atom is 0.237 e. The predicted octanol–water partition coefficient (Wildman–Crippen LogP) is 2.35. The Balaban J connectivity index is 2.17. The van der Waals surface area contributed by atoms with Crippen LogP contribution in [0.4, 0.5) is 15.8 Å². The predicted molar refractivity (Wildman–Crippen MR) is 73.5 cm³/mol. The molecule has 2 rings (SSSR count).